The zero-order valence-corrected chi connectivity index (χ0v) is 14.7. The van der Waals surface area contributed by atoms with Crippen LogP contribution in [0.3, 0.4) is 0 Å². The lowest BCUT2D eigenvalue weighted by Crippen LogP contribution is -2.28. The highest BCUT2D eigenvalue weighted by Gasteiger charge is 2.14. The summed E-state index contributed by atoms with van der Waals surface area (Å²) >= 11 is 1.35. The van der Waals surface area contributed by atoms with E-state index in [4.69, 9.17) is 19.9 Å². The Hall–Kier alpha value is -2.16. The molecule has 2 aromatic rings. The van der Waals surface area contributed by atoms with E-state index in [1.807, 2.05) is 23.6 Å². The van der Waals surface area contributed by atoms with Crippen molar-refractivity contribution in [1.29, 1.82) is 0 Å². The summed E-state index contributed by atoms with van der Waals surface area (Å²) in [4.78, 5) is 16.4. The molecule has 0 spiro atoms. The number of benzene rings is 1. The number of ether oxygens (including phenoxy) is 3. The molecule has 0 aliphatic heterocycles. The van der Waals surface area contributed by atoms with Crippen molar-refractivity contribution >= 4 is 22.4 Å². The highest BCUT2D eigenvalue weighted by atomic mass is 32.1. The van der Waals surface area contributed by atoms with E-state index >= 15 is 0 Å². The number of nitrogens with zero attached hydrogens (tertiary/aromatic N) is 1. The predicted molar refractivity (Wildman–Crippen MR) is 93.8 cm³/mol. The SMILES string of the molecule is COc1ccc(-c2csc(NC(=O)CC(CN)OC)n2)cc1OC. The molecule has 0 fully saturated rings. The van der Waals surface area contributed by atoms with Crippen LogP contribution in [0.25, 0.3) is 11.3 Å². The van der Waals surface area contributed by atoms with Gasteiger partial charge in [-0.1, -0.05) is 0 Å². The topological polar surface area (TPSA) is 95.7 Å². The van der Waals surface area contributed by atoms with Gasteiger partial charge in [0.2, 0.25) is 5.91 Å². The molecule has 0 aliphatic carbocycles. The van der Waals surface area contributed by atoms with Crippen LogP contribution in [0.2, 0.25) is 0 Å². The second kappa shape index (κ2) is 8.62. The van der Waals surface area contributed by atoms with Crippen LogP contribution in [0.1, 0.15) is 6.42 Å². The second-order valence-corrected chi connectivity index (χ2v) is 5.81. The van der Waals surface area contributed by atoms with E-state index in [1.54, 1.807) is 14.2 Å². The van der Waals surface area contributed by atoms with Crippen molar-refractivity contribution in [2.24, 2.45) is 5.73 Å². The zero-order valence-electron chi connectivity index (χ0n) is 13.9. The smallest absolute Gasteiger partial charge is 0.228 e. The van der Waals surface area contributed by atoms with Crippen LogP contribution >= 0.6 is 11.3 Å². The molecular formula is C16H21N3O4S. The fourth-order valence-electron chi connectivity index (χ4n) is 2.10. The number of aromatic nitrogens is 1. The number of nitrogens with one attached hydrogen (secondary N) is 1. The van der Waals surface area contributed by atoms with Gasteiger partial charge in [0.15, 0.2) is 16.6 Å². The maximum Gasteiger partial charge on any atom is 0.228 e. The number of amides is 1. The average Bonchev–Trinajstić information content (AvgIpc) is 3.07. The molecule has 0 radical (unpaired) electrons. The summed E-state index contributed by atoms with van der Waals surface area (Å²) in [6.45, 7) is 0.290. The van der Waals surface area contributed by atoms with Gasteiger partial charge in [0.25, 0.3) is 0 Å². The quantitative estimate of drug-likeness (QED) is 0.756. The van der Waals surface area contributed by atoms with Crippen LogP contribution in [-0.2, 0) is 9.53 Å². The predicted octanol–water partition coefficient (Wildman–Crippen LogP) is 2.13. The summed E-state index contributed by atoms with van der Waals surface area (Å²) < 4.78 is 15.6. The van der Waals surface area contributed by atoms with Gasteiger partial charge in [-0.2, -0.15) is 0 Å². The highest BCUT2D eigenvalue weighted by molar-refractivity contribution is 7.14. The monoisotopic (exact) mass is 351 g/mol. The molecule has 0 bridgehead atoms. The molecule has 0 saturated carbocycles. The van der Waals surface area contributed by atoms with Crippen molar-refractivity contribution in [2.45, 2.75) is 12.5 Å². The molecule has 1 atom stereocenters. The van der Waals surface area contributed by atoms with E-state index in [2.05, 4.69) is 10.3 Å². The van der Waals surface area contributed by atoms with Gasteiger partial charge < -0.3 is 25.3 Å². The van der Waals surface area contributed by atoms with Gasteiger partial charge in [0, 0.05) is 24.6 Å². The maximum atomic E-state index is 12.0. The molecule has 24 heavy (non-hydrogen) atoms. The number of thiazole rings is 1. The van der Waals surface area contributed by atoms with Crippen LogP contribution in [0.4, 0.5) is 5.13 Å². The Morgan fingerprint density at radius 3 is 2.67 bits per heavy atom. The first-order chi connectivity index (χ1) is 11.6. The van der Waals surface area contributed by atoms with Crippen molar-refractivity contribution in [1.82, 2.24) is 4.98 Å². The van der Waals surface area contributed by atoms with Crippen molar-refractivity contribution in [3.8, 4) is 22.8 Å². The highest BCUT2D eigenvalue weighted by Crippen LogP contribution is 2.33. The molecule has 1 unspecified atom stereocenters. The number of carbonyl (C=O) groups excluding carboxylic acids is 1. The Kier molecular flexibility index (Phi) is 6.53. The maximum absolute atomic E-state index is 12.0. The second-order valence-electron chi connectivity index (χ2n) is 4.95. The normalized spacial score (nSPS) is 11.8. The Labute approximate surface area is 144 Å². The van der Waals surface area contributed by atoms with Crippen LogP contribution in [0.15, 0.2) is 23.6 Å². The molecule has 130 valence electrons. The summed E-state index contributed by atoms with van der Waals surface area (Å²) in [5, 5.41) is 5.15. The molecule has 3 N–H and O–H groups in total. The number of methoxy groups -OCH3 is 3. The minimum Gasteiger partial charge on any atom is -0.493 e. The van der Waals surface area contributed by atoms with Gasteiger partial charge >= 0.3 is 0 Å². The Balaban J connectivity index is 2.09. The van der Waals surface area contributed by atoms with Crippen LogP contribution < -0.4 is 20.5 Å². The van der Waals surface area contributed by atoms with E-state index in [0.29, 0.717) is 23.2 Å². The summed E-state index contributed by atoms with van der Waals surface area (Å²) in [6.07, 6.45) is -0.103. The molecule has 8 heteroatoms. The van der Waals surface area contributed by atoms with Gasteiger partial charge in [-0.3, -0.25) is 4.79 Å². The van der Waals surface area contributed by atoms with E-state index < -0.39 is 0 Å². The molecule has 0 saturated heterocycles. The molecular weight excluding hydrogens is 330 g/mol. The van der Waals surface area contributed by atoms with Gasteiger partial charge in [-0.15, -0.1) is 11.3 Å². The van der Waals surface area contributed by atoms with Crippen LogP contribution in [-0.4, -0.2) is 44.9 Å². The van der Waals surface area contributed by atoms with Gasteiger partial charge in [-0.05, 0) is 18.2 Å². The van der Waals surface area contributed by atoms with E-state index in [1.165, 1.54) is 18.4 Å². The van der Waals surface area contributed by atoms with Gasteiger partial charge in [0.05, 0.1) is 32.4 Å². The number of carbonyl (C=O) groups is 1. The van der Waals surface area contributed by atoms with E-state index in [0.717, 1.165) is 11.3 Å². The molecule has 0 aliphatic rings. The third-order valence-corrected chi connectivity index (χ3v) is 4.20. The number of anilines is 1. The lowest BCUT2D eigenvalue weighted by Gasteiger charge is -2.11. The fraction of sp³-hybridized carbons (Fsp3) is 0.375. The standard InChI is InChI=1S/C16H21N3O4S/c1-21-11(8-17)7-15(20)19-16-18-12(9-24-16)10-4-5-13(22-2)14(6-10)23-3/h4-6,9,11H,7-8,17H2,1-3H3,(H,18,19,20). The molecule has 2 rings (SSSR count). The average molecular weight is 351 g/mol. The Morgan fingerprint density at radius 1 is 1.29 bits per heavy atom. The molecule has 1 amide bonds. The first-order valence-corrected chi connectivity index (χ1v) is 8.19. The summed E-state index contributed by atoms with van der Waals surface area (Å²) in [5.74, 6) is 1.09. The summed E-state index contributed by atoms with van der Waals surface area (Å²) in [7, 11) is 4.70. The van der Waals surface area contributed by atoms with Crippen molar-refractivity contribution in [2.75, 3.05) is 33.2 Å². The summed E-state index contributed by atoms with van der Waals surface area (Å²) in [5.41, 5.74) is 7.14. The number of nitrogens with two attached hydrogens (primary N) is 1. The minimum absolute atomic E-state index is 0.180. The largest absolute Gasteiger partial charge is 0.493 e. The Morgan fingerprint density at radius 2 is 2.04 bits per heavy atom. The van der Waals surface area contributed by atoms with E-state index in [9.17, 15) is 4.79 Å². The lowest BCUT2D eigenvalue weighted by molar-refractivity contribution is -0.118. The van der Waals surface area contributed by atoms with E-state index in [-0.39, 0.29) is 18.4 Å². The number of rotatable bonds is 8. The van der Waals surface area contributed by atoms with Crippen molar-refractivity contribution < 1.29 is 19.0 Å². The van der Waals surface area contributed by atoms with Crippen molar-refractivity contribution in [3.63, 3.8) is 0 Å². The van der Waals surface area contributed by atoms with Crippen LogP contribution in [0.5, 0.6) is 11.5 Å². The molecule has 1 aromatic heterocycles. The zero-order chi connectivity index (χ0) is 17.5. The van der Waals surface area contributed by atoms with Gasteiger partial charge in [0.1, 0.15) is 0 Å². The minimum atomic E-state index is -0.296. The number of hydrogen-bond donors (Lipinski definition) is 2. The third kappa shape index (κ3) is 4.44. The van der Waals surface area contributed by atoms with Gasteiger partial charge in [-0.25, -0.2) is 4.98 Å². The Bertz CT molecular complexity index is 686. The lowest BCUT2D eigenvalue weighted by atomic mass is 10.1. The van der Waals surface area contributed by atoms with Crippen LogP contribution in [0, 0.1) is 0 Å². The molecule has 7 nitrogen and oxygen atoms in total. The molecule has 1 heterocycles. The first-order valence-electron chi connectivity index (χ1n) is 7.31. The first kappa shape index (κ1) is 18.2. The molecule has 1 aromatic carbocycles. The third-order valence-electron chi connectivity index (χ3n) is 3.44. The number of hydrogen-bond acceptors (Lipinski definition) is 7. The van der Waals surface area contributed by atoms with Crippen molar-refractivity contribution in [3.05, 3.63) is 23.6 Å². The summed E-state index contributed by atoms with van der Waals surface area (Å²) in [6, 6.07) is 5.54. The fourth-order valence-corrected chi connectivity index (χ4v) is 2.84.